The molecule has 0 aromatic heterocycles. The summed E-state index contributed by atoms with van der Waals surface area (Å²) in [5.41, 5.74) is 2.12. The second-order valence-electron chi connectivity index (χ2n) is 18.9. The van der Waals surface area contributed by atoms with Crippen molar-refractivity contribution in [3.05, 3.63) is 105 Å². The van der Waals surface area contributed by atoms with Gasteiger partial charge in [0.05, 0.1) is 38.4 Å². The standard InChI is InChI=1S/C46H54N4O17S5/c1-29-34(28-47)43(51)50(22-25-70(59,60)61)44(52)41(29)42-30(12-18-39-45(2,3)35-26-32(71(62,63)64)14-16-37(35)48(39)20-6-8-23-68(53,54)55)10-11-31(42)13-19-40-46(4,5)36-27-33(72(65,66)67)15-17-38(36)49(40)21-7-9-24-69(56,57)58/h12-19,26-27,41H,6-11,20-25H2,1-5H3,(H4-,53,54,55,56,57,58,59,60,61,62,63,64,65,66,67)/p+1. The summed E-state index contributed by atoms with van der Waals surface area (Å²) in [4.78, 5) is 30.0. The lowest BCUT2D eigenvalue weighted by Crippen LogP contribution is -2.48. The van der Waals surface area contributed by atoms with Crippen molar-refractivity contribution in [1.82, 2.24) is 4.90 Å². The first-order valence-electron chi connectivity index (χ1n) is 22.4. The van der Waals surface area contributed by atoms with Gasteiger partial charge in [0, 0.05) is 54.0 Å². The van der Waals surface area contributed by atoms with Crippen LogP contribution in [0.3, 0.4) is 0 Å². The Hall–Kier alpha value is -5.21. The maximum atomic E-state index is 14.7. The number of anilines is 1. The third-order valence-corrected chi connectivity index (χ3v) is 17.4. The minimum Gasteiger partial charge on any atom is -0.344 e. The lowest BCUT2D eigenvalue weighted by atomic mass is 9.79. The Morgan fingerprint density at radius 3 is 1.83 bits per heavy atom. The van der Waals surface area contributed by atoms with Crippen molar-refractivity contribution in [2.75, 3.05) is 41.8 Å². The number of rotatable bonds is 19. The molecule has 0 saturated carbocycles. The van der Waals surface area contributed by atoms with Crippen LogP contribution in [0.1, 0.15) is 84.3 Å². The lowest BCUT2D eigenvalue weighted by molar-refractivity contribution is -0.438. The predicted molar refractivity (Wildman–Crippen MR) is 264 cm³/mol. The Labute approximate surface area is 419 Å². The van der Waals surface area contributed by atoms with Crippen LogP contribution in [-0.4, -0.2) is 129 Å². The Bertz CT molecular complexity index is 3470. The molecule has 2 aromatic carbocycles. The number of benzene rings is 2. The number of carbonyl (C=O) groups is 2. The largest absolute Gasteiger partial charge is 0.344 e. The summed E-state index contributed by atoms with van der Waals surface area (Å²) in [5.74, 6) is -5.42. The van der Waals surface area contributed by atoms with Gasteiger partial charge >= 0.3 is 0 Å². The second kappa shape index (κ2) is 20.2. The highest BCUT2D eigenvalue weighted by atomic mass is 32.2. The van der Waals surface area contributed by atoms with E-state index in [-0.39, 0.29) is 67.0 Å². The highest BCUT2D eigenvalue weighted by Crippen LogP contribution is 2.50. The second-order valence-corrected chi connectivity index (χ2v) is 26.5. The zero-order valence-electron chi connectivity index (χ0n) is 39.8. The minimum absolute atomic E-state index is 0.0447. The number of amides is 2. The van der Waals surface area contributed by atoms with Gasteiger partial charge in [-0.3, -0.25) is 37.3 Å². The molecule has 0 saturated heterocycles. The summed E-state index contributed by atoms with van der Waals surface area (Å²) in [6.45, 7) is 8.17. The fraction of sp³-hybridized carbons (Fsp3) is 0.435. The quantitative estimate of drug-likeness (QED) is 0.0542. The van der Waals surface area contributed by atoms with Crippen LogP contribution in [-0.2, 0) is 71.0 Å². The van der Waals surface area contributed by atoms with E-state index in [1.807, 2.05) is 15.5 Å². The number of unbranched alkanes of at least 4 members (excludes halogenated alkanes) is 2. The molecule has 0 fully saturated rings. The Kier molecular flexibility index (Phi) is 15.8. The molecule has 0 spiro atoms. The third-order valence-electron chi connectivity index (χ3n) is 13.4. The average molecular weight is 1100 g/mol. The average Bonchev–Trinajstić information content (AvgIpc) is 3.81. The summed E-state index contributed by atoms with van der Waals surface area (Å²) in [6.07, 6.45) is 7.93. The summed E-state index contributed by atoms with van der Waals surface area (Å²) >= 11 is 0. The molecule has 1 aliphatic carbocycles. The first kappa shape index (κ1) is 56.1. The Morgan fingerprint density at radius 1 is 0.694 bits per heavy atom. The zero-order valence-corrected chi connectivity index (χ0v) is 43.9. The van der Waals surface area contributed by atoms with E-state index in [9.17, 15) is 79.7 Å². The van der Waals surface area contributed by atoms with E-state index in [1.165, 1.54) is 43.3 Å². The van der Waals surface area contributed by atoms with Crippen LogP contribution in [0.2, 0.25) is 0 Å². The lowest BCUT2D eigenvalue weighted by Gasteiger charge is -2.33. The maximum Gasteiger partial charge on any atom is 0.294 e. The molecule has 3 heterocycles. The van der Waals surface area contributed by atoms with Crippen LogP contribution in [0.5, 0.6) is 0 Å². The van der Waals surface area contributed by atoms with Crippen LogP contribution in [0.25, 0.3) is 0 Å². The van der Waals surface area contributed by atoms with Gasteiger partial charge in [0.1, 0.15) is 18.2 Å². The predicted octanol–water partition coefficient (Wildman–Crippen LogP) is 4.86. The summed E-state index contributed by atoms with van der Waals surface area (Å²) in [7, 11) is -22.6. The first-order chi connectivity index (χ1) is 33.1. The molecule has 0 bridgehead atoms. The number of hydrogen-bond donors (Lipinski definition) is 5. The first-order valence-corrected chi connectivity index (χ1v) is 30.1. The van der Waals surface area contributed by atoms with Gasteiger partial charge in [-0.1, -0.05) is 26.0 Å². The van der Waals surface area contributed by atoms with Gasteiger partial charge in [-0.15, -0.1) is 0 Å². The van der Waals surface area contributed by atoms with E-state index in [0.717, 1.165) is 0 Å². The molecule has 390 valence electrons. The SMILES string of the molecule is CC1=C(C#N)C(=O)N(CCS(=O)(=O)O)C(=O)C1C1=C(/C=C/C2=[N+](CCCCS(=O)(=O)O)c3ccc(S(=O)(=O)O)cc3C2(C)C)CC/C1=C\C=C1\N(CCCCS(=O)(=O)O)c2ccc(S(=O)(=O)O)cc2C1(C)C. The van der Waals surface area contributed by atoms with Gasteiger partial charge in [-0.2, -0.15) is 51.9 Å². The van der Waals surface area contributed by atoms with Crippen molar-refractivity contribution in [1.29, 1.82) is 5.26 Å². The minimum atomic E-state index is -4.71. The van der Waals surface area contributed by atoms with Crippen molar-refractivity contribution in [2.24, 2.45) is 5.92 Å². The highest BCUT2D eigenvalue weighted by molar-refractivity contribution is 7.86. The smallest absolute Gasteiger partial charge is 0.294 e. The van der Waals surface area contributed by atoms with E-state index in [4.69, 9.17) is 0 Å². The van der Waals surface area contributed by atoms with Crippen LogP contribution in [0.4, 0.5) is 11.4 Å². The number of allylic oxidation sites excluding steroid dienone is 7. The van der Waals surface area contributed by atoms with Gasteiger partial charge in [0.2, 0.25) is 11.6 Å². The fourth-order valence-electron chi connectivity index (χ4n) is 9.83. The monoisotopic (exact) mass is 1100 g/mol. The molecule has 4 aliphatic rings. The van der Waals surface area contributed by atoms with Gasteiger partial charge in [0.15, 0.2) is 5.71 Å². The van der Waals surface area contributed by atoms with Gasteiger partial charge in [0.25, 0.3) is 56.5 Å². The molecule has 6 rings (SSSR count). The normalized spacial score (nSPS) is 20.7. The molecule has 3 aliphatic heterocycles. The molecule has 72 heavy (non-hydrogen) atoms. The number of carbonyl (C=O) groups excluding carboxylic acids is 2. The van der Waals surface area contributed by atoms with E-state index in [1.54, 1.807) is 52.0 Å². The number of fused-ring (bicyclic) bond motifs is 2. The summed E-state index contributed by atoms with van der Waals surface area (Å²) in [5, 5.41) is 10.3. The van der Waals surface area contributed by atoms with E-state index in [0.29, 0.717) is 55.5 Å². The van der Waals surface area contributed by atoms with Gasteiger partial charge in [-0.05, 0) is 117 Å². The molecule has 2 amide bonds. The third kappa shape index (κ3) is 12.1. The number of nitriles is 1. The van der Waals surface area contributed by atoms with Crippen molar-refractivity contribution >= 4 is 79.5 Å². The van der Waals surface area contributed by atoms with Gasteiger partial charge < -0.3 is 4.90 Å². The van der Waals surface area contributed by atoms with Crippen molar-refractivity contribution in [3.8, 4) is 6.07 Å². The molecule has 0 radical (unpaired) electrons. The summed E-state index contributed by atoms with van der Waals surface area (Å²) in [6, 6.07) is 9.93. The fourth-order valence-corrected chi connectivity index (χ4v) is 12.4. The molecule has 26 heteroatoms. The molecular weight excluding hydrogens is 1040 g/mol. The van der Waals surface area contributed by atoms with E-state index < -0.39 is 109 Å². The maximum absolute atomic E-state index is 14.7. The van der Waals surface area contributed by atoms with Crippen molar-refractivity contribution in [2.45, 2.75) is 93.8 Å². The summed E-state index contributed by atoms with van der Waals surface area (Å²) < 4.78 is 170. The van der Waals surface area contributed by atoms with Gasteiger partial charge in [-0.25, -0.2) is 0 Å². The Morgan fingerprint density at radius 2 is 1.26 bits per heavy atom. The molecule has 21 nitrogen and oxygen atoms in total. The zero-order chi connectivity index (χ0) is 53.7. The van der Waals surface area contributed by atoms with Crippen molar-refractivity contribution in [3.63, 3.8) is 0 Å². The molecule has 1 atom stereocenters. The molecule has 1 unspecified atom stereocenters. The number of hydrogen-bond acceptors (Lipinski definition) is 14. The molecular formula is C46H55N4O17S5+. The molecule has 5 N–H and O–H groups in total. The van der Waals surface area contributed by atoms with E-state index in [2.05, 4.69) is 0 Å². The van der Waals surface area contributed by atoms with Crippen LogP contribution in [0, 0.1) is 17.2 Å². The number of imide groups is 1. The Balaban J connectivity index is 1.57. The van der Waals surface area contributed by atoms with Crippen LogP contribution in [0.15, 0.2) is 104 Å². The number of nitrogens with zero attached hydrogens (tertiary/aromatic N) is 4. The highest BCUT2D eigenvalue weighted by Gasteiger charge is 2.47. The van der Waals surface area contributed by atoms with Crippen LogP contribution < -0.4 is 4.90 Å². The topological polar surface area (TPSA) is 339 Å². The molecule has 2 aromatic rings. The van der Waals surface area contributed by atoms with Crippen molar-refractivity contribution < 1.29 is 79.0 Å². The van der Waals surface area contributed by atoms with Crippen LogP contribution >= 0.6 is 0 Å². The van der Waals surface area contributed by atoms with E-state index >= 15 is 0 Å².